The molecule has 1 aromatic carbocycles. The lowest BCUT2D eigenvalue weighted by molar-refractivity contribution is -0.138. The van der Waals surface area contributed by atoms with E-state index in [0.717, 1.165) is 47.8 Å². The molecular weight excluding hydrogens is 533 g/mol. The van der Waals surface area contributed by atoms with Crippen molar-refractivity contribution < 1.29 is 17.6 Å². The van der Waals surface area contributed by atoms with Crippen molar-refractivity contribution in [2.75, 3.05) is 0 Å². The van der Waals surface area contributed by atoms with Gasteiger partial charge < -0.3 is 0 Å². The third-order valence-electron chi connectivity index (χ3n) is 12.3. The molecule has 0 radical (unpaired) electrons. The first-order valence-electron chi connectivity index (χ1n) is 15.4. The van der Waals surface area contributed by atoms with Crippen LogP contribution in [0.4, 0.5) is 4.39 Å². The van der Waals surface area contributed by atoms with Crippen LogP contribution in [0.1, 0.15) is 105 Å². The molecule has 1 amide bonds. The van der Waals surface area contributed by atoms with Crippen molar-refractivity contribution >= 4 is 27.5 Å². The number of nitrogens with one attached hydrogen (secondary N) is 1. The van der Waals surface area contributed by atoms with Crippen molar-refractivity contribution in [3.63, 3.8) is 0 Å². The summed E-state index contributed by atoms with van der Waals surface area (Å²) in [7, 11) is -4.14. The summed E-state index contributed by atoms with van der Waals surface area (Å²) in [5.41, 5.74) is 0.824. The Labute approximate surface area is 240 Å². The van der Waals surface area contributed by atoms with Crippen LogP contribution >= 0.6 is 11.6 Å². The van der Waals surface area contributed by atoms with Gasteiger partial charge in [-0.3, -0.25) is 4.79 Å². The summed E-state index contributed by atoms with van der Waals surface area (Å²) in [6.45, 7) is 9.87. The highest BCUT2D eigenvalue weighted by atomic mass is 35.5. The van der Waals surface area contributed by atoms with Gasteiger partial charge in [0.25, 0.3) is 10.0 Å². The van der Waals surface area contributed by atoms with Crippen LogP contribution in [0.5, 0.6) is 0 Å². The van der Waals surface area contributed by atoms with E-state index in [1.54, 1.807) is 0 Å². The van der Waals surface area contributed by atoms with Crippen LogP contribution < -0.4 is 4.72 Å². The Hall–Kier alpha value is -1.14. The molecule has 5 rings (SSSR count). The van der Waals surface area contributed by atoms with Gasteiger partial charge in [-0.25, -0.2) is 17.5 Å². The molecule has 0 spiro atoms. The van der Waals surface area contributed by atoms with Crippen LogP contribution in [0, 0.1) is 58.1 Å². The average Bonchev–Trinajstić information content (AvgIpc) is 3.23. The molecule has 3 unspecified atom stereocenters. The first kappa shape index (κ1) is 29.4. The van der Waals surface area contributed by atoms with Gasteiger partial charge in [0.1, 0.15) is 10.7 Å². The van der Waals surface area contributed by atoms with Gasteiger partial charge in [-0.15, -0.1) is 0 Å². The molecule has 4 fully saturated rings. The maximum absolute atomic E-state index is 13.4. The van der Waals surface area contributed by atoms with Crippen molar-refractivity contribution in [3.8, 4) is 0 Å². The molecule has 0 aliphatic heterocycles. The second-order valence-electron chi connectivity index (χ2n) is 14.0. The van der Waals surface area contributed by atoms with Crippen molar-refractivity contribution in [1.82, 2.24) is 4.72 Å². The maximum Gasteiger partial charge on any atom is 0.265 e. The molecule has 0 saturated heterocycles. The SMILES string of the molecule is CC[C@H]1CC2C3CC[C@H]([C@H](C)CCC(=O)NS(=O)(=O)c4ccc(F)cc4Cl)[C@@]3(C)CCC2[C@@]2(C)CCCC[C@@H]12. The average molecular weight is 580 g/mol. The zero-order valence-electron chi connectivity index (χ0n) is 24.1. The number of halogens is 2. The number of carbonyl (C=O) groups is 1. The number of hydrogen-bond donors (Lipinski definition) is 1. The van der Waals surface area contributed by atoms with Crippen molar-refractivity contribution in [2.45, 2.75) is 110 Å². The minimum atomic E-state index is -4.14. The highest BCUT2D eigenvalue weighted by Crippen LogP contribution is 2.69. The van der Waals surface area contributed by atoms with Crippen LogP contribution in [0.15, 0.2) is 23.1 Å². The summed E-state index contributed by atoms with van der Waals surface area (Å²) in [5.74, 6) is 4.02. The van der Waals surface area contributed by atoms with Crippen molar-refractivity contribution in [3.05, 3.63) is 29.0 Å². The summed E-state index contributed by atoms with van der Waals surface area (Å²) >= 11 is 5.93. The van der Waals surface area contributed by atoms with Gasteiger partial charge in [0.15, 0.2) is 0 Å². The van der Waals surface area contributed by atoms with Gasteiger partial charge in [-0.05, 0) is 122 Å². The van der Waals surface area contributed by atoms with Gasteiger partial charge in [0, 0.05) is 6.42 Å². The molecule has 218 valence electrons. The first-order chi connectivity index (χ1) is 18.4. The van der Waals surface area contributed by atoms with Crippen LogP contribution in [0.25, 0.3) is 0 Å². The number of fused-ring (bicyclic) bond motifs is 5. The van der Waals surface area contributed by atoms with Crippen molar-refractivity contribution in [1.29, 1.82) is 0 Å². The topological polar surface area (TPSA) is 63.2 Å². The molecule has 1 aromatic rings. The van der Waals surface area contributed by atoms with E-state index < -0.39 is 21.7 Å². The molecule has 39 heavy (non-hydrogen) atoms. The Morgan fingerprint density at radius 1 is 1.08 bits per heavy atom. The number of amides is 1. The number of hydrogen-bond acceptors (Lipinski definition) is 3. The van der Waals surface area contributed by atoms with E-state index >= 15 is 0 Å². The molecule has 0 aromatic heterocycles. The smallest absolute Gasteiger partial charge is 0.265 e. The standard InChI is InChI=1S/C32H47ClFNO3S/c1-5-21-18-23-26-12-11-24(32(26,4)17-15-27(23)31(3)16-7-6-8-25(21)31)20(2)9-14-30(36)35-39(37,38)29-13-10-22(34)19-28(29)33/h10,13,19-21,23-27H,5-9,11-12,14-18H2,1-4H3,(H,35,36)/t20-,21+,23?,24-,25+,26?,27?,31+,32-/m1/s1. The molecule has 4 aliphatic rings. The van der Waals surface area contributed by atoms with Gasteiger partial charge >= 0.3 is 0 Å². The second-order valence-corrected chi connectivity index (χ2v) is 16.0. The van der Waals surface area contributed by atoms with E-state index in [4.69, 9.17) is 11.6 Å². The number of sulfonamides is 1. The third-order valence-corrected chi connectivity index (χ3v) is 14.2. The predicted octanol–water partition coefficient (Wildman–Crippen LogP) is 8.39. The first-order valence-corrected chi connectivity index (χ1v) is 17.3. The molecule has 4 saturated carbocycles. The Morgan fingerprint density at radius 2 is 1.82 bits per heavy atom. The predicted molar refractivity (Wildman–Crippen MR) is 154 cm³/mol. The van der Waals surface area contributed by atoms with E-state index in [9.17, 15) is 17.6 Å². The Kier molecular flexibility index (Phi) is 8.23. The molecule has 9 atom stereocenters. The van der Waals surface area contributed by atoms with Gasteiger partial charge in [0.2, 0.25) is 5.91 Å². The van der Waals surface area contributed by atoms with Crippen LogP contribution in [-0.2, 0) is 14.8 Å². The van der Waals surface area contributed by atoms with E-state index in [-0.39, 0.29) is 16.3 Å². The molecule has 4 aliphatic carbocycles. The van der Waals surface area contributed by atoms with Crippen LogP contribution in [0.3, 0.4) is 0 Å². The van der Waals surface area contributed by atoms with Gasteiger partial charge in [0.05, 0.1) is 5.02 Å². The zero-order chi connectivity index (χ0) is 28.2. The summed E-state index contributed by atoms with van der Waals surface area (Å²) in [5, 5.41) is -0.231. The fourth-order valence-electron chi connectivity index (χ4n) is 10.5. The number of rotatable bonds is 7. The summed E-state index contributed by atoms with van der Waals surface area (Å²) < 4.78 is 40.9. The molecule has 7 heteroatoms. The Balaban J connectivity index is 1.24. The van der Waals surface area contributed by atoms with E-state index in [1.165, 1.54) is 64.2 Å². The lowest BCUT2D eigenvalue weighted by Crippen LogP contribution is -2.55. The van der Waals surface area contributed by atoms with E-state index in [0.29, 0.717) is 29.1 Å². The number of carbonyl (C=O) groups excluding carboxylic acids is 1. The normalized spacial score (nSPS) is 38.8. The van der Waals surface area contributed by atoms with Gasteiger partial charge in [-0.1, -0.05) is 58.6 Å². The highest BCUT2D eigenvalue weighted by molar-refractivity contribution is 7.90. The molecule has 0 heterocycles. The fraction of sp³-hybridized carbons (Fsp3) is 0.781. The monoisotopic (exact) mass is 579 g/mol. The molecular formula is C32H47ClFNO3S. The molecule has 1 N–H and O–H groups in total. The minimum Gasteiger partial charge on any atom is -0.274 e. The highest BCUT2D eigenvalue weighted by Gasteiger charge is 2.61. The quantitative estimate of drug-likeness (QED) is 0.353. The fourth-order valence-corrected chi connectivity index (χ4v) is 12.1. The maximum atomic E-state index is 13.4. The Bertz CT molecular complexity index is 1190. The Morgan fingerprint density at radius 3 is 2.54 bits per heavy atom. The summed E-state index contributed by atoms with van der Waals surface area (Å²) in [4.78, 5) is 12.4. The van der Waals surface area contributed by atoms with Crippen LogP contribution in [-0.4, -0.2) is 14.3 Å². The summed E-state index contributed by atoms with van der Waals surface area (Å²) in [6, 6.07) is 3.07. The van der Waals surface area contributed by atoms with Crippen LogP contribution in [0.2, 0.25) is 5.02 Å². The summed E-state index contributed by atoms with van der Waals surface area (Å²) in [6.07, 6.45) is 14.4. The van der Waals surface area contributed by atoms with Gasteiger partial charge in [-0.2, -0.15) is 0 Å². The third kappa shape index (κ3) is 5.19. The molecule has 0 bridgehead atoms. The number of benzene rings is 1. The largest absolute Gasteiger partial charge is 0.274 e. The van der Waals surface area contributed by atoms with E-state index in [2.05, 4.69) is 32.4 Å². The lowest BCUT2D eigenvalue weighted by atomic mass is 9.42. The van der Waals surface area contributed by atoms with Crippen molar-refractivity contribution in [2.24, 2.45) is 52.3 Å². The van der Waals surface area contributed by atoms with E-state index in [1.807, 2.05) is 0 Å². The lowest BCUT2D eigenvalue weighted by Gasteiger charge is -2.63. The molecule has 4 nitrogen and oxygen atoms in total. The zero-order valence-corrected chi connectivity index (χ0v) is 25.7. The second kappa shape index (κ2) is 10.9. The minimum absolute atomic E-state index is 0.153.